The van der Waals surface area contributed by atoms with Crippen molar-refractivity contribution in [1.82, 2.24) is 0 Å². The fraction of sp³-hybridized carbons (Fsp3) is 0.222. The third kappa shape index (κ3) is 4.57. The fourth-order valence-corrected chi connectivity index (χ4v) is 1.90. The van der Waals surface area contributed by atoms with Crippen molar-refractivity contribution in [2.24, 2.45) is 0 Å². The number of ether oxygens (including phenoxy) is 2. The first-order chi connectivity index (χ1) is 11.1. The average molecular weight is 314 g/mol. The van der Waals surface area contributed by atoms with E-state index in [4.69, 9.17) is 9.47 Å². The van der Waals surface area contributed by atoms with Gasteiger partial charge >= 0.3 is 11.9 Å². The van der Waals surface area contributed by atoms with Gasteiger partial charge in [0.1, 0.15) is 11.5 Å². The second-order valence-electron chi connectivity index (χ2n) is 4.92. The smallest absolute Gasteiger partial charge is 0.344 e. The highest BCUT2D eigenvalue weighted by Gasteiger charge is 2.19. The normalized spacial score (nSPS) is 10.1. The first kappa shape index (κ1) is 16.5. The van der Waals surface area contributed by atoms with Crippen molar-refractivity contribution in [3.63, 3.8) is 0 Å². The van der Waals surface area contributed by atoms with E-state index in [9.17, 15) is 14.7 Å². The van der Waals surface area contributed by atoms with Crippen molar-refractivity contribution in [2.75, 3.05) is 6.61 Å². The monoisotopic (exact) mass is 314 g/mol. The van der Waals surface area contributed by atoms with E-state index in [1.807, 2.05) is 6.92 Å². The molecule has 0 aromatic heterocycles. The summed E-state index contributed by atoms with van der Waals surface area (Å²) >= 11 is 0. The fourth-order valence-electron chi connectivity index (χ4n) is 1.90. The summed E-state index contributed by atoms with van der Waals surface area (Å²) in [6, 6.07) is 12.1. The topological polar surface area (TPSA) is 72.8 Å². The van der Waals surface area contributed by atoms with E-state index in [-0.39, 0.29) is 22.6 Å². The lowest BCUT2D eigenvalue weighted by molar-refractivity contribution is 0.0491. The van der Waals surface area contributed by atoms with Gasteiger partial charge in [-0.3, -0.25) is 0 Å². The van der Waals surface area contributed by atoms with Crippen LogP contribution in [-0.4, -0.2) is 23.7 Å². The van der Waals surface area contributed by atoms with Crippen molar-refractivity contribution < 1.29 is 24.2 Å². The number of carbonyl (C=O) groups excluding carboxylic acids is 2. The van der Waals surface area contributed by atoms with E-state index >= 15 is 0 Å². The summed E-state index contributed by atoms with van der Waals surface area (Å²) in [7, 11) is 0. The number of phenols is 1. The van der Waals surface area contributed by atoms with Crippen LogP contribution in [0.5, 0.6) is 11.5 Å². The van der Waals surface area contributed by atoms with Gasteiger partial charge in [0.15, 0.2) is 0 Å². The highest BCUT2D eigenvalue weighted by atomic mass is 16.5. The van der Waals surface area contributed by atoms with Crippen LogP contribution in [0.1, 0.15) is 40.5 Å². The summed E-state index contributed by atoms with van der Waals surface area (Å²) in [5.74, 6) is -0.845. The predicted molar refractivity (Wildman–Crippen MR) is 84.7 cm³/mol. The first-order valence-electron chi connectivity index (χ1n) is 7.39. The molecule has 2 aromatic carbocycles. The molecule has 0 atom stereocenters. The number of rotatable bonds is 6. The maximum atomic E-state index is 12.3. The zero-order valence-corrected chi connectivity index (χ0v) is 12.8. The molecule has 2 aromatic rings. The van der Waals surface area contributed by atoms with E-state index in [0.717, 1.165) is 12.8 Å². The lowest BCUT2D eigenvalue weighted by atomic mass is 10.1. The number of hydrogen-bond acceptors (Lipinski definition) is 5. The van der Waals surface area contributed by atoms with E-state index in [2.05, 4.69) is 0 Å². The van der Waals surface area contributed by atoms with Crippen LogP contribution < -0.4 is 4.74 Å². The molecule has 0 unspecified atom stereocenters. The van der Waals surface area contributed by atoms with E-state index in [0.29, 0.717) is 6.61 Å². The van der Waals surface area contributed by atoms with Gasteiger partial charge in [0, 0.05) is 0 Å². The number of aromatic hydroxyl groups is 1. The minimum Gasteiger partial charge on any atom is -0.508 e. The molecule has 23 heavy (non-hydrogen) atoms. The third-order valence-corrected chi connectivity index (χ3v) is 3.15. The van der Waals surface area contributed by atoms with Crippen molar-refractivity contribution in [3.8, 4) is 11.5 Å². The molecular weight excluding hydrogens is 296 g/mol. The first-order valence-corrected chi connectivity index (χ1v) is 7.39. The SMILES string of the molecule is CCCCOC(=O)c1ccccc1C(=O)Oc1ccc(O)cc1. The molecule has 5 nitrogen and oxygen atoms in total. The number of unbranched alkanes of at least 4 members (excludes halogenated alkanes) is 1. The van der Waals surface area contributed by atoms with Gasteiger partial charge in [0.2, 0.25) is 0 Å². The van der Waals surface area contributed by atoms with Crippen LogP contribution in [0.15, 0.2) is 48.5 Å². The Morgan fingerprint density at radius 1 is 0.957 bits per heavy atom. The lowest BCUT2D eigenvalue weighted by Gasteiger charge is -2.09. The number of carbonyl (C=O) groups is 2. The van der Waals surface area contributed by atoms with Gasteiger partial charge in [-0.25, -0.2) is 9.59 Å². The molecule has 120 valence electrons. The Balaban J connectivity index is 2.13. The molecule has 0 radical (unpaired) electrons. The summed E-state index contributed by atoms with van der Waals surface area (Å²) in [5.41, 5.74) is 0.314. The van der Waals surface area contributed by atoms with Crippen LogP contribution >= 0.6 is 0 Å². The third-order valence-electron chi connectivity index (χ3n) is 3.15. The minimum atomic E-state index is -0.654. The Hall–Kier alpha value is -2.82. The van der Waals surface area contributed by atoms with Crippen molar-refractivity contribution in [3.05, 3.63) is 59.7 Å². The molecule has 0 aliphatic rings. The Labute approximate surface area is 134 Å². The molecule has 0 aliphatic heterocycles. The predicted octanol–water partition coefficient (Wildman–Crippen LogP) is 3.57. The minimum absolute atomic E-state index is 0.0738. The highest BCUT2D eigenvalue weighted by Crippen LogP contribution is 2.19. The second-order valence-corrected chi connectivity index (χ2v) is 4.92. The molecule has 0 aliphatic carbocycles. The van der Waals surface area contributed by atoms with Crippen LogP contribution in [0.25, 0.3) is 0 Å². The Bertz CT molecular complexity index is 676. The summed E-state index contributed by atoms with van der Waals surface area (Å²) in [6.45, 7) is 2.31. The van der Waals surface area contributed by atoms with Gasteiger partial charge in [0.05, 0.1) is 17.7 Å². The van der Waals surface area contributed by atoms with Gasteiger partial charge in [-0.2, -0.15) is 0 Å². The molecule has 2 rings (SSSR count). The Kier molecular flexibility index (Phi) is 5.74. The Morgan fingerprint density at radius 2 is 1.57 bits per heavy atom. The molecule has 0 amide bonds. The second kappa shape index (κ2) is 7.98. The molecule has 0 fully saturated rings. The van der Waals surface area contributed by atoms with Crippen LogP contribution in [0.2, 0.25) is 0 Å². The van der Waals surface area contributed by atoms with Gasteiger partial charge in [0.25, 0.3) is 0 Å². The molecule has 0 saturated heterocycles. The summed E-state index contributed by atoms with van der Waals surface area (Å²) in [6.07, 6.45) is 1.68. The molecule has 1 N–H and O–H groups in total. The molecule has 0 bridgehead atoms. The molecule has 0 saturated carbocycles. The maximum Gasteiger partial charge on any atom is 0.344 e. The maximum absolute atomic E-state index is 12.3. The van der Waals surface area contributed by atoms with Gasteiger partial charge in [-0.05, 0) is 42.8 Å². The summed E-state index contributed by atoms with van der Waals surface area (Å²) < 4.78 is 10.4. The zero-order valence-electron chi connectivity index (χ0n) is 12.8. The van der Waals surface area contributed by atoms with Crippen LogP contribution in [0.4, 0.5) is 0 Å². The molecule has 0 heterocycles. The molecule has 0 spiro atoms. The number of phenolic OH excluding ortho intramolecular Hbond substituents is 1. The molecule has 5 heteroatoms. The zero-order chi connectivity index (χ0) is 16.7. The molecular formula is C18H18O5. The standard InChI is InChI=1S/C18H18O5/c1-2-3-12-22-17(20)15-6-4-5-7-16(15)18(21)23-14-10-8-13(19)9-11-14/h4-11,19H,2-3,12H2,1H3. The largest absolute Gasteiger partial charge is 0.508 e. The van der Waals surface area contributed by atoms with Gasteiger partial charge < -0.3 is 14.6 Å². The summed E-state index contributed by atoms with van der Waals surface area (Å²) in [4.78, 5) is 24.3. The van der Waals surface area contributed by atoms with Crippen molar-refractivity contribution in [2.45, 2.75) is 19.8 Å². The van der Waals surface area contributed by atoms with Crippen molar-refractivity contribution >= 4 is 11.9 Å². The van der Waals surface area contributed by atoms with Crippen LogP contribution in [0, 0.1) is 0 Å². The summed E-state index contributed by atoms with van der Waals surface area (Å²) in [5, 5.41) is 9.23. The number of esters is 2. The van der Waals surface area contributed by atoms with Crippen molar-refractivity contribution in [1.29, 1.82) is 0 Å². The quantitative estimate of drug-likeness (QED) is 0.501. The van der Waals surface area contributed by atoms with E-state index in [1.54, 1.807) is 12.1 Å². The van der Waals surface area contributed by atoms with E-state index in [1.165, 1.54) is 36.4 Å². The van der Waals surface area contributed by atoms with E-state index < -0.39 is 11.9 Å². The van der Waals surface area contributed by atoms with Gasteiger partial charge in [-0.15, -0.1) is 0 Å². The van der Waals surface area contributed by atoms with Crippen LogP contribution in [0.3, 0.4) is 0 Å². The average Bonchev–Trinajstić information content (AvgIpc) is 2.57. The van der Waals surface area contributed by atoms with Gasteiger partial charge in [-0.1, -0.05) is 25.5 Å². The van der Waals surface area contributed by atoms with Crippen LogP contribution in [-0.2, 0) is 4.74 Å². The highest BCUT2D eigenvalue weighted by molar-refractivity contribution is 6.03. The number of hydrogen-bond donors (Lipinski definition) is 1. The lowest BCUT2D eigenvalue weighted by Crippen LogP contribution is -2.16. The Morgan fingerprint density at radius 3 is 2.17 bits per heavy atom. The number of benzene rings is 2.